The molecule has 2 aromatic rings. The van der Waals surface area contributed by atoms with Crippen molar-refractivity contribution in [1.29, 1.82) is 0 Å². The molecule has 0 radical (unpaired) electrons. The van der Waals surface area contributed by atoms with Gasteiger partial charge in [-0.05, 0) is 43.7 Å². The zero-order valence-corrected chi connectivity index (χ0v) is 11.0. The fourth-order valence-corrected chi connectivity index (χ4v) is 1.88. The zero-order chi connectivity index (χ0) is 13.9. The standard InChI is InChI=1S/C16H16FNO/c1-16(2,13-8-10-14(17)11-9-13)18-15(19)12-6-4-3-5-7-12/h3-11H,1-2H3,(H,18,19). The molecular formula is C16H16FNO. The third-order valence-corrected chi connectivity index (χ3v) is 3.03. The summed E-state index contributed by atoms with van der Waals surface area (Å²) >= 11 is 0. The van der Waals surface area contributed by atoms with Gasteiger partial charge in [0.15, 0.2) is 0 Å². The van der Waals surface area contributed by atoms with Crippen LogP contribution < -0.4 is 5.32 Å². The lowest BCUT2D eigenvalue weighted by Gasteiger charge is -2.27. The van der Waals surface area contributed by atoms with Gasteiger partial charge >= 0.3 is 0 Å². The maximum absolute atomic E-state index is 12.9. The number of halogens is 1. The molecule has 0 heterocycles. The van der Waals surface area contributed by atoms with E-state index in [-0.39, 0.29) is 11.7 Å². The van der Waals surface area contributed by atoms with E-state index in [2.05, 4.69) is 5.32 Å². The lowest BCUT2D eigenvalue weighted by atomic mass is 9.94. The summed E-state index contributed by atoms with van der Waals surface area (Å²) in [5.41, 5.74) is 0.913. The fourth-order valence-electron chi connectivity index (χ4n) is 1.88. The summed E-state index contributed by atoms with van der Waals surface area (Å²) in [6, 6.07) is 15.2. The SMILES string of the molecule is CC(C)(NC(=O)c1ccccc1)c1ccc(F)cc1. The minimum absolute atomic E-state index is 0.144. The Kier molecular flexibility index (Phi) is 3.65. The predicted molar refractivity (Wildman–Crippen MR) is 73.3 cm³/mol. The second-order valence-electron chi connectivity index (χ2n) is 4.95. The number of carbonyl (C=O) groups excluding carboxylic acids is 1. The molecular weight excluding hydrogens is 241 g/mol. The highest BCUT2D eigenvalue weighted by molar-refractivity contribution is 5.94. The van der Waals surface area contributed by atoms with Gasteiger partial charge in [-0.2, -0.15) is 0 Å². The van der Waals surface area contributed by atoms with E-state index >= 15 is 0 Å². The van der Waals surface area contributed by atoms with Crippen LogP contribution in [0.1, 0.15) is 29.8 Å². The molecule has 1 N–H and O–H groups in total. The summed E-state index contributed by atoms with van der Waals surface area (Å²) in [6.45, 7) is 3.78. The van der Waals surface area contributed by atoms with E-state index in [4.69, 9.17) is 0 Å². The Morgan fingerprint density at radius 1 is 1.00 bits per heavy atom. The van der Waals surface area contributed by atoms with E-state index in [0.717, 1.165) is 5.56 Å². The number of benzene rings is 2. The van der Waals surface area contributed by atoms with Crippen molar-refractivity contribution in [3.63, 3.8) is 0 Å². The third kappa shape index (κ3) is 3.19. The van der Waals surface area contributed by atoms with E-state index in [0.29, 0.717) is 5.56 Å². The summed E-state index contributed by atoms with van der Waals surface area (Å²) in [5.74, 6) is -0.427. The van der Waals surface area contributed by atoms with Gasteiger partial charge < -0.3 is 5.32 Å². The van der Waals surface area contributed by atoms with Crippen molar-refractivity contribution in [3.8, 4) is 0 Å². The second kappa shape index (κ2) is 5.22. The molecule has 2 nitrogen and oxygen atoms in total. The van der Waals surface area contributed by atoms with Crippen LogP contribution in [0.4, 0.5) is 4.39 Å². The van der Waals surface area contributed by atoms with Crippen LogP contribution in [0.2, 0.25) is 0 Å². The largest absolute Gasteiger partial charge is 0.343 e. The Labute approximate surface area is 112 Å². The molecule has 0 spiro atoms. The third-order valence-electron chi connectivity index (χ3n) is 3.03. The van der Waals surface area contributed by atoms with Crippen LogP contribution in [0.25, 0.3) is 0 Å². The van der Waals surface area contributed by atoms with Gasteiger partial charge in [-0.15, -0.1) is 0 Å². The number of nitrogens with one attached hydrogen (secondary N) is 1. The van der Waals surface area contributed by atoms with E-state index in [9.17, 15) is 9.18 Å². The molecule has 0 unspecified atom stereocenters. The number of hydrogen-bond donors (Lipinski definition) is 1. The maximum atomic E-state index is 12.9. The highest BCUT2D eigenvalue weighted by Crippen LogP contribution is 2.20. The Balaban J connectivity index is 2.17. The second-order valence-corrected chi connectivity index (χ2v) is 4.95. The average Bonchev–Trinajstić information content (AvgIpc) is 2.40. The fraction of sp³-hybridized carbons (Fsp3) is 0.188. The van der Waals surface area contributed by atoms with Crippen molar-refractivity contribution in [2.24, 2.45) is 0 Å². The highest BCUT2D eigenvalue weighted by Gasteiger charge is 2.23. The van der Waals surface area contributed by atoms with Gasteiger partial charge in [-0.25, -0.2) is 4.39 Å². The number of hydrogen-bond acceptors (Lipinski definition) is 1. The minimum atomic E-state index is -0.555. The quantitative estimate of drug-likeness (QED) is 0.896. The molecule has 19 heavy (non-hydrogen) atoms. The van der Waals surface area contributed by atoms with E-state index in [1.54, 1.807) is 24.3 Å². The van der Waals surface area contributed by atoms with Crippen molar-refractivity contribution in [2.45, 2.75) is 19.4 Å². The van der Waals surface area contributed by atoms with Gasteiger partial charge in [0.05, 0.1) is 5.54 Å². The molecule has 98 valence electrons. The predicted octanol–water partition coefficient (Wildman–Crippen LogP) is 3.49. The van der Waals surface area contributed by atoms with E-state index < -0.39 is 5.54 Å². The molecule has 0 bridgehead atoms. The van der Waals surface area contributed by atoms with Crippen LogP contribution >= 0.6 is 0 Å². The lowest BCUT2D eigenvalue weighted by Crippen LogP contribution is -2.40. The van der Waals surface area contributed by atoms with Crippen LogP contribution in [0.15, 0.2) is 54.6 Å². The molecule has 3 heteroatoms. The first-order chi connectivity index (χ1) is 8.99. The molecule has 2 aromatic carbocycles. The topological polar surface area (TPSA) is 29.1 Å². The van der Waals surface area contributed by atoms with Gasteiger partial charge in [0.25, 0.3) is 5.91 Å². The number of carbonyl (C=O) groups is 1. The summed E-state index contributed by atoms with van der Waals surface area (Å²) in [7, 11) is 0. The molecule has 0 saturated heterocycles. The first kappa shape index (κ1) is 13.3. The number of amides is 1. The first-order valence-electron chi connectivity index (χ1n) is 6.13. The molecule has 0 aliphatic rings. The van der Waals surface area contributed by atoms with Crippen molar-refractivity contribution < 1.29 is 9.18 Å². The molecule has 0 atom stereocenters. The highest BCUT2D eigenvalue weighted by atomic mass is 19.1. The summed E-state index contributed by atoms with van der Waals surface area (Å²) in [6.07, 6.45) is 0. The maximum Gasteiger partial charge on any atom is 0.251 e. The summed E-state index contributed by atoms with van der Waals surface area (Å²) in [4.78, 5) is 12.1. The Morgan fingerprint density at radius 2 is 1.58 bits per heavy atom. The van der Waals surface area contributed by atoms with E-state index in [1.165, 1.54) is 12.1 Å². The van der Waals surface area contributed by atoms with Crippen molar-refractivity contribution in [3.05, 3.63) is 71.5 Å². The molecule has 0 saturated carbocycles. The van der Waals surface area contributed by atoms with Crippen molar-refractivity contribution in [2.75, 3.05) is 0 Å². The summed E-state index contributed by atoms with van der Waals surface area (Å²) < 4.78 is 12.9. The Morgan fingerprint density at radius 3 is 2.16 bits per heavy atom. The molecule has 0 aromatic heterocycles. The summed E-state index contributed by atoms with van der Waals surface area (Å²) in [5, 5.41) is 2.95. The van der Waals surface area contributed by atoms with Crippen LogP contribution in [-0.4, -0.2) is 5.91 Å². The lowest BCUT2D eigenvalue weighted by molar-refractivity contribution is 0.0912. The Bertz CT molecular complexity index is 561. The Hall–Kier alpha value is -2.16. The minimum Gasteiger partial charge on any atom is -0.343 e. The molecule has 1 amide bonds. The van der Waals surface area contributed by atoms with Gasteiger partial charge in [0.1, 0.15) is 5.82 Å². The number of rotatable bonds is 3. The van der Waals surface area contributed by atoms with E-state index in [1.807, 2.05) is 32.0 Å². The molecule has 0 aliphatic carbocycles. The molecule has 0 aliphatic heterocycles. The van der Waals surface area contributed by atoms with Gasteiger partial charge in [0.2, 0.25) is 0 Å². The molecule has 0 fully saturated rings. The van der Waals surface area contributed by atoms with Crippen LogP contribution in [0, 0.1) is 5.82 Å². The monoisotopic (exact) mass is 257 g/mol. The average molecular weight is 257 g/mol. The molecule has 2 rings (SSSR count). The van der Waals surface area contributed by atoms with Crippen molar-refractivity contribution in [1.82, 2.24) is 5.32 Å². The zero-order valence-electron chi connectivity index (χ0n) is 11.0. The van der Waals surface area contributed by atoms with Crippen LogP contribution in [0.5, 0.6) is 0 Å². The normalized spacial score (nSPS) is 11.1. The van der Waals surface area contributed by atoms with Crippen LogP contribution in [-0.2, 0) is 5.54 Å². The van der Waals surface area contributed by atoms with Crippen LogP contribution in [0.3, 0.4) is 0 Å². The van der Waals surface area contributed by atoms with Gasteiger partial charge in [0, 0.05) is 5.56 Å². The van der Waals surface area contributed by atoms with Gasteiger partial charge in [-0.3, -0.25) is 4.79 Å². The smallest absolute Gasteiger partial charge is 0.251 e. The van der Waals surface area contributed by atoms with Gasteiger partial charge in [-0.1, -0.05) is 30.3 Å². The van der Waals surface area contributed by atoms with Crippen molar-refractivity contribution >= 4 is 5.91 Å². The first-order valence-corrected chi connectivity index (χ1v) is 6.13.